The van der Waals surface area contributed by atoms with Gasteiger partial charge in [-0.15, -0.1) is 11.3 Å². The van der Waals surface area contributed by atoms with E-state index in [4.69, 9.17) is 0 Å². The Morgan fingerprint density at radius 1 is 1.29 bits per heavy atom. The van der Waals surface area contributed by atoms with Crippen LogP contribution in [0, 0.1) is 0 Å². The lowest BCUT2D eigenvalue weighted by Crippen LogP contribution is -2.03. The number of hydrogen-bond acceptors (Lipinski definition) is 2. The van der Waals surface area contributed by atoms with Crippen molar-refractivity contribution in [2.75, 3.05) is 0 Å². The number of hydrogen-bond donors (Lipinski definition) is 1. The van der Waals surface area contributed by atoms with Crippen molar-refractivity contribution in [2.45, 2.75) is 25.6 Å². The van der Waals surface area contributed by atoms with E-state index >= 15 is 0 Å². The molecule has 1 N–H and O–H groups in total. The molecule has 0 amide bonds. The molecule has 2 aromatic rings. The Morgan fingerprint density at radius 3 is 2.59 bits per heavy atom. The van der Waals surface area contributed by atoms with Crippen LogP contribution in [0.2, 0.25) is 0 Å². The van der Waals surface area contributed by atoms with Crippen molar-refractivity contribution in [1.29, 1.82) is 0 Å². The highest BCUT2D eigenvalue weighted by Crippen LogP contribution is 2.38. The van der Waals surface area contributed by atoms with Crippen LogP contribution >= 0.6 is 11.3 Å². The summed E-state index contributed by atoms with van der Waals surface area (Å²) in [5.41, 5.74) is 0.846. The standard InChI is InChI=1S/C12H11F3OS/c1-7(16)4-8-2-3-10-9(5-8)6-11(17-10)12(13,14)15/h2-3,5-7,16H,4H2,1H3. The van der Waals surface area contributed by atoms with Crippen LogP contribution in [0.3, 0.4) is 0 Å². The highest BCUT2D eigenvalue weighted by atomic mass is 32.1. The van der Waals surface area contributed by atoms with E-state index < -0.39 is 17.2 Å². The fraction of sp³-hybridized carbons (Fsp3) is 0.333. The third-order valence-electron chi connectivity index (χ3n) is 2.39. The zero-order valence-electron chi connectivity index (χ0n) is 9.08. The van der Waals surface area contributed by atoms with Gasteiger partial charge in [-0.2, -0.15) is 13.2 Å². The van der Waals surface area contributed by atoms with Crippen LogP contribution in [0.5, 0.6) is 0 Å². The predicted octanol–water partition coefficient (Wildman–Crippen LogP) is 3.84. The fourth-order valence-corrected chi connectivity index (χ4v) is 2.61. The molecule has 1 atom stereocenters. The summed E-state index contributed by atoms with van der Waals surface area (Å²) >= 11 is 0.744. The summed E-state index contributed by atoms with van der Waals surface area (Å²) in [5.74, 6) is 0. The molecule has 0 aliphatic rings. The highest BCUT2D eigenvalue weighted by molar-refractivity contribution is 7.19. The quantitative estimate of drug-likeness (QED) is 0.869. The molecule has 0 fully saturated rings. The van der Waals surface area contributed by atoms with Crippen LogP contribution in [-0.2, 0) is 12.6 Å². The first kappa shape index (κ1) is 12.4. The van der Waals surface area contributed by atoms with Crippen LogP contribution in [0.25, 0.3) is 10.1 Å². The Morgan fingerprint density at radius 2 is 2.00 bits per heavy atom. The number of alkyl halides is 3. The molecular weight excluding hydrogens is 249 g/mol. The van der Waals surface area contributed by atoms with Crippen LogP contribution in [-0.4, -0.2) is 11.2 Å². The average molecular weight is 260 g/mol. The summed E-state index contributed by atoms with van der Waals surface area (Å²) < 4.78 is 38.1. The molecule has 0 radical (unpaired) electrons. The molecule has 0 bridgehead atoms. The van der Waals surface area contributed by atoms with Crippen LogP contribution in [0.15, 0.2) is 24.3 Å². The zero-order chi connectivity index (χ0) is 12.6. The number of rotatable bonds is 2. The molecule has 92 valence electrons. The van der Waals surface area contributed by atoms with Gasteiger partial charge in [-0.1, -0.05) is 12.1 Å². The first-order valence-corrected chi connectivity index (χ1v) is 5.95. The van der Waals surface area contributed by atoms with E-state index in [0.29, 0.717) is 16.5 Å². The van der Waals surface area contributed by atoms with Gasteiger partial charge in [0.15, 0.2) is 0 Å². The van der Waals surface area contributed by atoms with Crippen molar-refractivity contribution in [3.8, 4) is 0 Å². The minimum Gasteiger partial charge on any atom is -0.393 e. The van der Waals surface area contributed by atoms with E-state index in [2.05, 4.69) is 0 Å². The lowest BCUT2D eigenvalue weighted by molar-refractivity contribution is -0.134. The molecule has 0 saturated carbocycles. The summed E-state index contributed by atoms with van der Waals surface area (Å²) in [5, 5.41) is 9.82. The van der Waals surface area contributed by atoms with Crippen molar-refractivity contribution >= 4 is 21.4 Å². The van der Waals surface area contributed by atoms with E-state index in [9.17, 15) is 18.3 Å². The first-order chi connectivity index (χ1) is 7.86. The van der Waals surface area contributed by atoms with Gasteiger partial charge in [0.2, 0.25) is 0 Å². The number of aliphatic hydroxyl groups excluding tert-OH is 1. The normalized spacial score (nSPS) is 14.2. The maximum Gasteiger partial charge on any atom is 0.425 e. The molecule has 0 aliphatic carbocycles. The Hall–Kier alpha value is -1.07. The molecule has 1 aromatic heterocycles. The molecule has 17 heavy (non-hydrogen) atoms. The van der Waals surface area contributed by atoms with Gasteiger partial charge in [0.1, 0.15) is 4.88 Å². The van der Waals surface area contributed by atoms with Gasteiger partial charge < -0.3 is 5.11 Å². The minimum absolute atomic E-state index is 0.452. The monoisotopic (exact) mass is 260 g/mol. The minimum atomic E-state index is -4.28. The Labute approximate surface area is 101 Å². The second kappa shape index (κ2) is 4.31. The van der Waals surface area contributed by atoms with Gasteiger partial charge in [0.25, 0.3) is 0 Å². The van der Waals surface area contributed by atoms with Crippen molar-refractivity contribution in [3.05, 3.63) is 34.7 Å². The smallest absolute Gasteiger partial charge is 0.393 e. The summed E-state index contributed by atoms with van der Waals surface area (Å²) in [4.78, 5) is -0.582. The molecule has 1 nitrogen and oxygen atoms in total. The number of aliphatic hydroxyl groups is 1. The number of thiophene rings is 1. The van der Waals surface area contributed by atoms with E-state index in [1.54, 1.807) is 25.1 Å². The van der Waals surface area contributed by atoms with Gasteiger partial charge in [-0.05, 0) is 36.4 Å². The molecule has 1 unspecified atom stereocenters. The lowest BCUT2D eigenvalue weighted by Gasteiger charge is -2.03. The van der Waals surface area contributed by atoms with E-state index in [0.717, 1.165) is 23.0 Å². The van der Waals surface area contributed by atoms with Crippen molar-refractivity contribution in [1.82, 2.24) is 0 Å². The van der Waals surface area contributed by atoms with Crippen LogP contribution < -0.4 is 0 Å². The van der Waals surface area contributed by atoms with Crippen molar-refractivity contribution < 1.29 is 18.3 Å². The average Bonchev–Trinajstić information content (AvgIpc) is 2.58. The SMILES string of the molecule is CC(O)Cc1ccc2sc(C(F)(F)F)cc2c1. The molecule has 0 aliphatic heterocycles. The highest BCUT2D eigenvalue weighted by Gasteiger charge is 2.32. The molecule has 5 heteroatoms. The number of benzene rings is 1. The Balaban J connectivity index is 2.41. The van der Waals surface area contributed by atoms with E-state index in [1.165, 1.54) is 0 Å². The van der Waals surface area contributed by atoms with Crippen molar-refractivity contribution in [3.63, 3.8) is 0 Å². The molecule has 1 heterocycles. The van der Waals surface area contributed by atoms with Gasteiger partial charge in [-0.3, -0.25) is 0 Å². The molecular formula is C12H11F3OS. The number of halogens is 3. The molecule has 1 aromatic carbocycles. The van der Waals surface area contributed by atoms with Crippen LogP contribution in [0.4, 0.5) is 13.2 Å². The molecule has 2 rings (SSSR count). The zero-order valence-corrected chi connectivity index (χ0v) is 9.90. The summed E-state index contributed by atoms with van der Waals surface area (Å²) in [7, 11) is 0. The predicted molar refractivity (Wildman–Crippen MR) is 62.2 cm³/mol. The Bertz CT molecular complexity index is 528. The van der Waals surface area contributed by atoms with Gasteiger partial charge in [0, 0.05) is 4.70 Å². The van der Waals surface area contributed by atoms with E-state index in [-0.39, 0.29) is 0 Å². The maximum atomic E-state index is 12.5. The summed E-state index contributed by atoms with van der Waals surface area (Å²) in [6.45, 7) is 1.65. The first-order valence-electron chi connectivity index (χ1n) is 5.14. The van der Waals surface area contributed by atoms with Gasteiger partial charge in [-0.25, -0.2) is 0 Å². The Kier molecular flexibility index (Phi) is 3.14. The fourth-order valence-electron chi connectivity index (χ4n) is 1.70. The largest absolute Gasteiger partial charge is 0.425 e. The van der Waals surface area contributed by atoms with E-state index in [1.807, 2.05) is 0 Å². The maximum absolute atomic E-state index is 12.5. The van der Waals surface area contributed by atoms with Gasteiger partial charge in [0.05, 0.1) is 6.10 Å². The summed E-state index contributed by atoms with van der Waals surface area (Å²) in [6, 6.07) is 6.29. The third kappa shape index (κ3) is 2.79. The molecule has 0 saturated heterocycles. The lowest BCUT2D eigenvalue weighted by atomic mass is 10.1. The number of fused-ring (bicyclic) bond motifs is 1. The topological polar surface area (TPSA) is 20.2 Å². The second-order valence-corrected chi connectivity index (χ2v) is 5.12. The summed E-state index contributed by atoms with van der Waals surface area (Å²) in [6.07, 6.45) is -4.32. The van der Waals surface area contributed by atoms with Gasteiger partial charge >= 0.3 is 6.18 Å². The van der Waals surface area contributed by atoms with Crippen LogP contribution in [0.1, 0.15) is 17.4 Å². The third-order valence-corrected chi connectivity index (χ3v) is 3.55. The van der Waals surface area contributed by atoms with Crippen molar-refractivity contribution in [2.24, 2.45) is 0 Å². The second-order valence-electron chi connectivity index (χ2n) is 4.03. The molecule has 0 spiro atoms.